The number of hydrogen-bond acceptors (Lipinski definition) is 3. The highest BCUT2D eigenvalue weighted by molar-refractivity contribution is 9.10. The number of rotatable bonds is 7. The van der Waals surface area contributed by atoms with Crippen LogP contribution in [0.5, 0.6) is 5.75 Å². The van der Waals surface area contributed by atoms with Crippen LogP contribution in [-0.4, -0.2) is 43.1 Å². The Bertz CT molecular complexity index is 335. The zero-order valence-electron chi connectivity index (χ0n) is 10.6. The molecule has 0 bridgehead atoms. The normalized spacial score (nSPS) is 12.8. The molecule has 0 aliphatic carbocycles. The van der Waals surface area contributed by atoms with Gasteiger partial charge in [0.1, 0.15) is 12.4 Å². The molecule has 1 aromatic carbocycles. The summed E-state index contributed by atoms with van der Waals surface area (Å²) in [6.45, 7) is 3.93. The molecule has 0 saturated carbocycles. The van der Waals surface area contributed by atoms with Crippen molar-refractivity contribution >= 4 is 27.7 Å². The van der Waals surface area contributed by atoms with E-state index in [1.54, 1.807) is 0 Å². The Morgan fingerprint density at radius 2 is 2.24 bits per heavy atom. The molecular weight excluding hydrogens is 298 g/mol. The first-order valence-electron chi connectivity index (χ1n) is 5.71. The average molecular weight is 318 g/mol. The van der Waals surface area contributed by atoms with Crippen LogP contribution in [0.1, 0.15) is 6.92 Å². The lowest BCUT2D eigenvalue weighted by Gasteiger charge is -2.23. The van der Waals surface area contributed by atoms with Gasteiger partial charge in [0.2, 0.25) is 0 Å². The second kappa shape index (κ2) is 8.01. The third-order valence-corrected chi connectivity index (χ3v) is 3.98. The summed E-state index contributed by atoms with van der Waals surface area (Å²) in [5, 5.41) is 0. The minimum absolute atomic E-state index is 0.594. The quantitative estimate of drug-likeness (QED) is 0.763. The van der Waals surface area contributed by atoms with E-state index in [0.29, 0.717) is 6.04 Å². The van der Waals surface area contributed by atoms with Gasteiger partial charge in [0.05, 0.1) is 0 Å². The van der Waals surface area contributed by atoms with Crippen LogP contribution in [0, 0.1) is 0 Å². The maximum absolute atomic E-state index is 5.71. The molecule has 0 spiro atoms. The molecule has 0 aliphatic rings. The predicted molar refractivity (Wildman–Crippen MR) is 80.1 cm³/mol. The van der Waals surface area contributed by atoms with Crippen molar-refractivity contribution in [3.8, 4) is 5.75 Å². The van der Waals surface area contributed by atoms with Crippen LogP contribution in [0.2, 0.25) is 0 Å². The number of likely N-dealkylation sites (N-methyl/N-ethyl adjacent to an activating group) is 1. The number of nitrogens with zero attached hydrogens (tertiary/aromatic N) is 1. The van der Waals surface area contributed by atoms with Crippen molar-refractivity contribution in [2.24, 2.45) is 0 Å². The Balaban J connectivity index is 2.28. The molecule has 1 aromatic rings. The lowest BCUT2D eigenvalue weighted by Crippen LogP contribution is -2.34. The van der Waals surface area contributed by atoms with E-state index in [-0.39, 0.29) is 0 Å². The molecule has 1 rings (SSSR count). The van der Waals surface area contributed by atoms with Crippen molar-refractivity contribution in [1.82, 2.24) is 4.90 Å². The molecule has 96 valence electrons. The van der Waals surface area contributed by atoms with E-state index in [1.807, 2.05) is 36.0 Å². The van der Waals surface area contributed by atoms with Gasteiger partial charge < -0.3 is 4.74 Å². The molecule has 0 fully saturated rings. The van der Waals surface area contributed by atoms with Gasteiger partial charge in [-0.05, 0) is 38.4 Å². The van der Waals surface area contributed by atoms with Gasteiger partial charge >= 0.3 is 0 Å². The predicted octanol–water partition coefficient (Wildman–Crippen LogP) is 3.51. The van der Waals surface area contributed by atoms with Crippen LogP contribution in [0.3, 0.4) is 0 Å². The van der Waals surface area contributed by atoms with Gasteiger partial charge in [-0.15, -0.1) is 0 Å². The number of hydrogen-bond donors (Lipinski definition) is 0. The lowest BCUT2D eigenvalue weighted by atomic mass is 10.3. The fraction of sp³-hybridized carbons (Fsp3) is 0.538. The number of halogens is 1. The summed E-state index contributed by atoms with van der Waals surface area (Å²) in [6.07, 6.45) is 2.14. The third kappa shape index (κ3) is 5.80. The van der Waals surface area contributed by atoms with Gasteiger partial charge in [0, 0.05) is 22.8 Å². The van der Waals surface area contributed by atoms with E-state index in [4.69, 9.17) is 4.74 Å². The van der Waals surface area contributed by atoms with Crippen molar-refractivity contribution in [2.45, 2.75) is 13.0 Å². The molecule has 0 radical (unpaired) electrons. The minimum Gasteiger partial charge on any atom is -0.492 e. The Morgan fingerprint density at radius 1 is 1.47 bits per heavy atom. The van der Waals surface area contributed by atoms with Crippen LogP contribution in [-0.2, 0) is 0 Å². The van der Waals surface area contributed by atoms with Crippen LogP contribution in [0.4, 0.5) is 0 Å². The highest BCUT2D eigenvalue weighted by Crippen LogP contribution is 2.17. The van der Waals surface area contributed by atoms with E-state index in [1.165, 1.54) is 0 Å². The van der Waals surface area contributed by atoms with Crippen molar-refractivity contribution < 1.29 is 4.74 Å². The highest BCUT2D eigenvalue weighted by Gasteiger charge is 2.07. The fourth-order valence-electron chi connectivity index (χ4n) is 1.45. The van der Waals surface area contributed by atoms with E-state index in [0.717, 1.165) is 29.1 Å². The summed E-state index contributed by atoms with van der Waals surface area (Å²) in [5.41, 5.74) is 0. The maximum atomic E-state index is 5.71. The molecular formula is C13H20BrNOS. The Labute approximate surface area is 117 Å². The Morgan fingerprint density at radius 3 is 2.88 bits per heavy atom. The molecule has 0 N–H and O–H groups in total. The molecule has 17 heavy (non-hydrogen) atoms. The molecule has 1 atom stereocenters. The summed E-state index contributed by atoms with van der Waals surface area (Å²) in [5.74, 6) is 2.08. The SMILES string of the molecule is CSCC(C)N(C)CCOc1cccc(Br)c1. The lowest BCUT2D eigenvalue weighted by molar-refractivity contribution is 0.210. The summed E-state index contributed by atoms with van der Waals surface area (Å²) in [7, 11) is 2.14. The van der Waals surface area contributed by atoms with E-state index in [2.05, 4.69) is 41.1 Å². The number of ether oxygens (including phenoxy) is 1. The third-order valence-electron chi connectivity index (χ3n) is 2.67. The molecule has 2 nitrogen and oxygen atoms in total. The fourth-order valence-corrected chi connectivity index (χ4v) is 2.57. The van der Waals surface area contributed by atoms with Gasteiger partial charge in [-0.2, -0.15) is 11.8 Å². The topological polar surface area (TPSA) is 12.5 Å². The first kappa shape index (κ1) is 14.9. The second-order valence-corrected chi connectivity index (χ2v) is 5.92. The van der Waals surface area contributed by atoms with Crippen LogP contribution in [0.25, 0.3) is 0 Å². The summed E-state index contributed by atoms with van der Waals surface area (Å²) < 4.78 is 6.76. The van der Waals surface area contributed by atoms with E-state index >= 15 is 0 Å². The largest absolute Gasteiger partial charge is 0.492 e. The molecule has 1 unspecified atom stereocenters. The first-order valence-corrected chi connectivity index (χ1v) is 7.89. The zero-order valence-corrected chi connectivity index (χ0v) is 13.1. The monoisotopic (exact) mass is 317 g/mol. The molecule has 0 saturated heterocycles. The minimum atomic E-state index is 0.594. The van der Waals surface area contributed by atoms with Gasteiger partial charge in [0.25, 0.3) is 0 Å². The van der Waals surface area contributed by atoms with Crippen LogP contribution >= 0.6 is 27.7 Å². The first-order chi connectivity index (χ1) is 8.13. The van der Waals surface area contributed by atoms with Gasteiger partial charge in [-0.25, -0.2) is 0 Å². The standard InChI is InChI=1S/C13H20BrNOS/c1-11(10-17-3)15(2)7-8-16-13-6-4-5-12(14)9-13/h4-6,9,11H,7-8,10H2,1-3H3. The Kier molecular flexibility index (Phi) is 7.00. The second-order valence-electron chi connectivity index (χ2n) is 4.09. The average Bonchev–Trinajstić information content (AvgIpc) is 2.29. The maximum Gasteiger partial charge on any atom is 0.120 e. The zero-order chi connectivity index (χ0) is 12.7. The number of thioether (sulfide) groups is 1. The van der Waals surface area contributed by atoms with Crippen LogP contribution < -0.4 is 4.74 Å². The number of benzene rings is 1. The molecule has 0 aromatic heterocycles. The highest BCUT2D eigenvalue weighted by atomic mass is 79.9. The van der Waals surface area contributed by atoms with Crippen molar-refractivity contribution in [2.75, 3.05) is 32.2 Å². The van der Waals surface area contributed by atoms with Crippen molar-refractivity contribution in [1.29, 1.82) is 0 Å². The molecule has 0 aliphatic heterocycles. The van der Waals surface area contributed by atoms with Gasteiger partial charge in [-0.3, -0.25) is 4.90 Å². The summed E-state index contributed by atoms with van der Waals surface area (Å²) in [6, 6.07) is 8.55. The summed E-state index contributed by atoms with van der Waals surface area (Å²) in [4.78, 5) is 2.33. The molecule has 0 heterocycles. The van der Waals surface area contributed by atoms with Crippen molar-refractivity contribution in [3.63, 3.8) is 0 Å². The van der Waals surface area contributed by atoms with Crippen molar-refractivity contribution in [3.05, 3.63) is 28.7 Å². The van der Waals surface area contributed by atoms with Crippen LogP contribution in [0.15, 0.2) is 28.7 Å². The Hall–Kier alpha value is -0.190. The summed E-state index contributed by atoms with van der Waals surface area (Å²) >= 11 is 5.31. The molecule has 0 amide bonds. The molecule has 4 heteroatoms. The van der Waals surface area contributed by atoms with Gasteiger partial charge in [-0.1, -0.05) is 22.0 Å². The van der Waals surface area contributed by atoms with E-state index < -0.39 is 0 Å². The van der Waals surface area contributed by atoms with Gasteiger partial charge in [0.15, 0.2) is 0 Å². The van der Waals surface area contributed by atoms with E-state index in [9.17, 15) is 0 Å². The smallest absolute Gasteiger partial charge is 0.120 e.